The highest BCUT2D eigenvalue weighted by Gasteiger charge is 2.11. The minimum atomic E-state index is -0.333. The van der Waals surface area contributed by atoms with Crippen molar-refractivity contribution in [2.24, 2.45) is 14.1 Å². The summed E-state index contributed by atoms with van der Waals surface area (Å²) in [6, 6.07) is 7.47. The smallest absolute Gasteiger partial charge is 0.330 e. The van der Waals surface area contributed by atoms with Crippen LogP contribution in [-0.2, 0) is 14.1 Å². The second-order valence-corrected chi connectivity index (χ2v) is 4.87. The van der Waals surface area contributed by atoms with Crippen molar-refractivity contribution in [3.8, 4) is 11.4 Å². The predicted octanol–water partition coefficient (Wildman–Crippen LogP) is 1.04. The SMILES string of the molecule is COc1ccc(-n2cc3c(=O)n(C)c(=O)n(C)c3c2)cc1. The average molecular weight is 285 g/mol. The number of hydrogen-bond donors (Lipinski definition) is 0. The summed E-state index contributed by atoms with van der Waals surface area (Å²) in [5.41, 5.74) is 0.876. The van der Waals surface area contributed by atoms with Gasteiger partial charge in [0.25, 0.3) is 5.56 Å². The summed E-state index contributed by atoms with van der Waals surface area (Å²) in [5.74, 6) is 0.763. The minimum absolute atomic E-state index is 0.291. The molecule has 3 aromatic rings. The summed E-state index contributed by atoms with van der Waals surface area (Å²) in [6.45, 7) is 0. The number of fused-ring (bicyclic) bond motifs is 1. The monoisotopic (exact) mass is 285 g/mol. The van der Waals surface area contributed by atoms with Crippen molar-refractivity contribution in [1.29, 1.82) is 0 Å². The molecule has 0 aliphatic carbocycles. The van der Waals surface area contributed by atoms with E-state index in [1.54, 1.807) is 26.6 Å². The predicted molar refractivity (Wildman–Crippen MR) is 80.3 cm³/mol. The molecule has 0 fully saturated rings. The Morgan fingerprint density at radius 3 is 2.24 bits per heavy atom. The van der Waals surface area contributed by atoms with Gasteiger partial charge in [-0.3, -0.25) is 13.9 Å². The highest BCUT2D eigenvalue weighted by Crippen LogP contribution is 2.18. The first kappa shape index (κ1) is 13.2. The number of hydrogen-bond acceptors (Lipinski definition) is 3. The van der Waals surface area contributed by atoms with E-state index in [-0.39, 0.29) is 11.2 Å². The Morgan fingerprint density at radius 1 is 0.952 bits per heavy atom. The number of methoxy groups -OCH3 is 1. The topological polar surface area (TPSA) is 58.2 Å². The lowest BCUT2D eigenvalue weighted by atomic mass is 10.3. The Labute approximate surface area is 120 Å². The van der Waals surface area contributed by atoms with Crippen molar-refractivity contribution in [2.45, 2.75) is 0 Å². The standard InChI is InChI=1S/C15H15N3O3/c1-16-13-9-18(10-4-6-11(21-3)7-5-10)8-12(13)14(19)17(2)15(16)20/h4-9H,1-3H3. The average Bonchev–Trinajstić information content (AvgIpc) is 2.96. The van der Waals surface area contributed by atoms with Gasteiger partial charge in [-0.25, -0.2) is 4.79 Å². The Morgan fingerprint density at radius 2 is 1.62 bits per heavy atom. The van der Waals surface area contributed by atoms with Gasteiger partial charge in [0, 0.05) is 32.2 Å². The fourth-order valence-electron chi connectivity index (χ4n) is 2.37. The van der Waals surface area contributed by atoms with E-state index in [9.17, 15) is 9.59 Å². The van der Waals surface area contributed by atoms with Crippen LogP contribution in [0.15, 0.2) is 46.2 Å². The van der Waals surface area contributed by atoms with Crippen molar-refractivity contribution in [3.05, 3.63) is 57.5 Å². The third kappa shape index (κ3) is 1.96. The van der Waals surface area contributed by atoms with Crippen LogP contribution in [0.1, 0.15) is 0 Å². The second kappa shape index (κ2) is 4.66. The zero-order valence-corrected chi connectivity index (χ0v) is 12.0. The maximum absolute atomic E-state index is 12.2. The number of nitrogens with zero attached hydrogens (tertiary/aromatic N) is 3. The van der Waals surface area contributed by atoms with E-state index in [1.165, 1.54) is 11.6 Å². The van der Waals surface area contributed by atoms with Crippen LogP contribution >= 0.6 is 0 Å². The third-order valence-corrected chi connectivity index (χ3v) is 3.65. The van der Waals surface area contributed by atoms with Crippen molar-refractivity contribution < 1.29 is 4.74 Å². The fraction of sp³-hybridized carbons (Fsp3) is 0.200. The normalized spacial score (nSPS) is 11.0. The lowest BCUT2D eigenvalue weighted by molar-refractivity contribution is 0.415. The van der Waals surface area contributed by atoms with E-state index in [0.29, 0.717) is 10.9 Å². The van der Waals surface area contributed by atoms with Gasteiger partial charge in [-0.1, -0.05) is 0 Å². The van der Waals surface area contributed by atoms with Gasteiger partial charge >= 0.3 is 5.69 Å². The van der Waals surface area contributed by atoms with Gasteiger partial charge in [0.15, 0.2) is 0 Å². The molecular formula is C15H15N3O3. The van der Waals surface area contributed by atoms with E-state index in [1.807, 2.05) is 28.8 Å². The zero-order chi connectivity index (χ0) is 15.1. The molecule has 0 saturated heterocycles. The Hall–Kier alpha value is -2.76. The second-order valence-electron chi connectivity index (χ2n) is 4.87. The maximum Gasteiger partial charge on any atom is 0.330 e. The Balaban J connectivity index is 2.26. The van der Waals surface area contributed by atoms with Crippen LogP contribution in [0.3, 0.4) is 0 Å². The molecule has 3 rings (SSSR count). The molecule has 0 amide bonds. The Kier molecular flexibility index (Phi) is 2.94. The van der Waals surface area contributed by atoms with E-state index < -0.39 is 0 Å². The van der Waals surface area contributed by atoms with Crippen molar-refractivity contribution in [3.63, 3.8) is 0 Å². The highest BCUT2D eigenvalue weighted by molar-refractivity contribution is 5.78. The van der Waals surface area contributed by atoms with Gasteiger partial charge in [0.05, 0.1) is 18.0 Å². The largest absolute Gasteiger partial charge is 0.497 e. The molecule has 6 heteroatoms. The summed E-state index contributed by atoms with van der Waals surface area (Å²) >= 11 is 0. The molecule has 6 nitrogen and oxygen atoms in total. The van der Waals surface area contributed by atoms with E-state index in [2.05, 4.69) is 0 Å². The van der Waals surface area contributed by atoms with Gasteiger partial charge in [0.2, 0.25) is 0 Å². The molecule has 0 unspecified atom stereocenters. The van der Waals surface area contributed by atoms with E-state index in [0.717, 1.165) is 16.0 Å². The molecule has 1 aromatic carbocycles. The quantitative estimate of drug-likeness (QED) is 0.707. The summed E-state index contributed by atoms with van der Waals surface area (Å²) in [6.07, 6.45) is 3.51. The van der Waals surface area contributed by atoms with Crippen LogP contribution < -0.4 is 16.0 Å². The molecule has 0 radical (unpaired) electrons. The molecule has 0 atom stereocenters. The molecule has 0 aliphatic heterocycles. The molecule has 21 heavy (non-hydrogen) atoms. The lowest BCUT2D eigenvalue weighted by Crippen LogP contribution is -2.36. The molecule has 0 aliphatic rings. The van der Waals surface area contributed by atoms with Crippen LogP contribution in [0, 0.1) is 0 Å². The van der Waals surface area contributed by atoms with Gasteiger partial charge in [-0.15, -0.1) is 0 Å². The molecule has 0 bridgehead atoms. The van der Waals surface area contributed by atoms with Crippen LogP contribution in [-0.4, -0.2) is 20.8 Å². The van der Waals surface area contributed by atoms with Gasteiger partial charge in [-0.05, 0) is 24.3 Å². The molecule has 0 saturated carbocycles. The first-order valence-electron chi connectivity index (χ1n) is 6.45. The van der Waals surface area contributed by atoms with Gasteiger partial charge < -0.3 is 9.30 Å². The number of benzene rings is 1. The first-order valence-corrected chi connectivity index (χ1v) is 6.45. The first-order chi connectivity index (χ1) is 10.0. The maximum atomic E-state index is 12.2. The minimum Gasteiger partial charge on any atom is -0.497 e. The Bertz CT molecular complexity index is 930. The molecular weight excluding hydrogens is 270 g/mol. The molecule has 0 N–H and O–H groups in total. The van der Waals surface area contributed by atoms with Gasteiger partial charge in [-0.2, -0.15) is 0 Å². The number of aryl methyl sites for hydroxylation is 1. The number of ether oxygens (including phenoxy) is 1. The molecule has 0 spiro atoms. The number of rotatable bonds is 2. The highest BCUT2D eigenvalue weighted by atomic mass is 16.5. The van der Waals surface area contributed by atoms with Crippen molar-refractivity contribution in [2.75, 3.05) is 7.11 Å². The van der Waals surface area contributed by atoms with Gasteiger partial charge in [0.1, 0.15) is 5.75 Å². The van der Waals surface area contributed by atoms with Crippen molar-refractivity contribution >= 4 is 10.9 Å². The summed E-state index contributed by atoms with van der Waals surface area (Å²) < 4.78 is 9.53. The third-order valence-electron chi connectivity index (χ3n) is 3.65. The van der Waals surface area contributed by atoms with Crippen LogP contribution in [0.4, 0.5) is 0 Å². The summed E-state index contributed by atoms with van der Waals surface area (Å²) in [7, 11) is 4.75. The van der Waals surface area contributed by atoms with E-state index >= 15 is 0 Å². The summed E-state index contributed by atoms with van der Waals surface area (Å²) in [5, 5.41) is 0.510. The fourth-order valence-corrected chi connectivity index (χ4v) is 2.37. The zero-order valence-electron chi connectivity index (χ0n) is 12.0. The summed E-state index contributed by atoms with van der Waals surface area (Å²) in [4.78, 5) is 24.1. The molecule has 2 aromatic heterocycles. The molecule has 2 heterocycles. The van der Waals surface area contributed by atoms with E-state index in [4.69, 9.17) is 4.74 Å². The van der Waals surface area contributed by atoms with Crippen LogP contribution in [0.25, 0.3) is 16.6 Å². The number of aromatic nitrogens is 3. The lowest BCUT2D eigenvalue weighted by Gasteiger charge is -2.04. The van der Waals surface area contributed by atoms with Crippen LogP contribution in [0.5, 0.6) is 5.75 Å². The van der Waals surface area contributed by atoms with Crippen LogP contribution in [0.2, 0.25) is 0 Å². The molecule has 108 valence electrons. The van der Waals surface area contributed by atoms with Crippen molar-refractivity contribution in [1.82, 2.24) is 13.7 Å².